The standard InChI is InChI=1S/C21H23N3O2/c1-15-4-6-17(7-5-15)20(26)24-10-8-21(14-24)11-18(21)19(25)23-13-16-3-2-9-22-12-16/h2-7,9,12,18H,8,10-11,13-14H2,1H3,(H,23,25). The Morgan fingerprint density at radius 2 is 2.08 bits per heavy atom. The third-order valence-electron chi connectivity index (χ3n) is 5.67. The van der Waals surface area contributed by atoms with Crippen molar-refractivity contribution in [2.75, 3.05) is 13.1 Å². The van der Waals surface area contributed by atoms with E-state index in [-0.39, 0.29) is 23.1 Å². The first kappa shape index (κ1) is 16.8. The minimum absolute atomic E-state index is 0.0145. The van der Waals surface area contributed by atoms with Gasteiger partial charge in [0, 0.05) is 48.9 Å². The highest BCUT2D eigenvalue weighted by Crippen LogP contribution is 2.58. The summed E-state index contributed by atoms with van der Waals surface area (Å²) < 4.78 is 0. The van der Waals surface area contributed by atoms with E-state index in [1.807, 2.05) is 48.2 Å². The lowest BCUT2D eigenvalue weighted by Gasteiger charge is -2.17. The summed E-state index contributed by atoms with van der Waals surface area (Å²) in [5.41, 5.74) is 2.86. The van der Waals surface area contributed by atoms with Gasteiger partial charge in [-0.15, -0.1) is 0 Å². The Kier molecular flexibility index (Phi) is 4.23. The lowest BCUT2D eigenvalue weighted by Crippen LogP contribution is -2.31. The van der Waals surface area contributed by atoms with Crippen molar-refractivity contribution in [2.24, 2.45) is 11.3 Å². The van der Waals surface area contributed by atoms with Crippen LogP contribution in [0.2, 0.25) is 0 Å². The highest BCUT2D eigenvalue weighted by atomic mass is 16.2. The fraction of sp³-hybridized carbons (Fsp3) is 0.381. The maximum absolute atomic E-state index is 12.7. The molecule has 1 aromatic heterocycles. The molecule has 0 radical (unpaired) electrons. The van der Waals surface area contributed by atoms with Gasteiger partial charge in [-0.2, -0.15) is 0 Å². The number of amides is 2. The number of hydrogen-bond donors (Lipinski definition) is 1. The molecule has 5 heteroatoms. The molecule has 26 heavy (non-hydrogen) atoms. The summed E-state index contributed by atoms with van der Waals surface area (Å²) in [6, 6.07) is 11.5. The third-order valence-corrected chi connectivity index (χ3v) is 5.67. The normalized spacial score (nSPS) is 23.9. The molecule has 2 unspecified atom stereocenters. The van der Waals surface area contributed by atoms with Crippen LogP contribution in [0.15, 0.2) is 48.8 Å². The first-order valence-electron chi connectivity index (χ1n) is 9.10. The molecule has 5 nitrogen and oxygen atoms in total. The van der Waals surface area contributed by atoms with Gasteiger partial charge in [-0.1, -0.05) is 23.8 Å². The smallest absolute Gasteiger partial charge is 0.253 e. The molecule has 1 saturated heterocycles. The van der Waals surface area contributed by atoms with Crippen molar-refractivity contribution in [2.45, 2.75) is 26.3 Å². The van der Waals surface area contributed by atoms with Crippen molar-refractivity contribution < 1.29 is 9.59 Å². The van der Waals surface area contributed by atoms with E-state index >= 15 is 0 Å². The molecule has 1 aliphatic carbocycles. The Labute approximate surface area is 153 Å². The molecule has 0 bridgehead atoms. The Morgan fingerprint density at radius 1 is 1.27 bits per heavy atom. The number of pyridine rings is 1. The number of nitrogens with one attached hydrogen (secondary N) is 1. The second-order valence-electron chi connectivity index (χ2n) is 7.54. The number of carbonyl (C=O) groups is 2. The molecule has 1 saturated carbocycles. The molecule has 1 N–H and O–H groups in total. The average Bonchev–Trinajstić information content (AvgIpc) is 3.20. The molecule has 2 aromatic rings. The molecular formula is C21H23N3O2. The van der Waals surface area contributed by atoms with Gasteiger partial charge in [0.25, 0.3) is 5.91 Å². The maximum Gasteiger partial charge on any atom is 0.253 e. The molecular weight excluding hydrogens is 326 g/mol. The van der Waals surface area contributed by atoms with Crippen LogP contribution in [-0.4, -0.2) is 34.8 Å². The van der Waals surface area contributed by atoms with Gasteiger partial charge in [-0.3, -0.25) is 14.6 Å². The summed E-state index contributed by atoms with van der Waals surface area (Å²) in [5.74, 6) is 0.191. The van der Waals surface area contributed by atoms with Crippen molar-refractivity contribution in [3.8, 4) is 0 Å². The van der Waals surface area contributed by atoms with Gasteiger partial charge < -0.3 is 10.2 Å². The minimum Gasteiger partial charge on any atom is -0.352 e. The van der Waals surface area contributed by atoms with Gasteiger partial charge in [0.1, 0.15) is 0 Å². The fourth-order valence-electron chi connectivity index (χ4n) is 3.93. The SMILES string of the molecule is Cc1ccc(C(=O)N2CCC3(CC3C(=O)NCc3cccnc3)C2)cc1. The lowest BCUT2D eigenvalue weighted by atomic mass is 10.0. The van der Waals surface area contributed by atoms with Crippen molar-refractivity contribution in [1.82, 2.24) is 15.2 Å². The quantitative estimate of drug-likeness (QED) is 0.923. The van der Waals surface area contributed by atoms with E-state index in [0.717, 1.165) is 36.1 Å². The first-order valence-corrected chi connectivity index (χ1v) is 9.10. The fourth-order valence-corrected chi connectivity index (χ4v) is 3.93. The lowest BCUT2D eigenvalue weighted by molar-refractivity contribution is -0.123. The summed E-state index contributed by atoms with van der Waals surface area (Å²) in [6.07, 6.45) is 5.28. The van der Waals surface area contributed by atoms with E-state index in [1.165, 1.54) is 0 Å². The zero-order valence-electron chi connectivity index (χ0n) is 14.9. The summed E-state index contributed by atoms with van der Waals surface area (Å²) in [4.78, 5) is 31.1. The zero-order valence-corrected chi connectivity index (χ0v) is 14.9. The second kappa shape index (κ2) is 6.56. The summed E-state index contributed by atoms with van der Waals surface area (Å²) in [5, 5.41) is 3.01. The van der Waals surface area contributed by atoms with Crippen LogP contribution in [0.3, 0.4) is 0 Å². The van der Waals surface area contributed by atoms with Crippen molar-refractivity contribution in [3.05, 3.63) is 65.5 Å². The van der Waals surface area contributed by atoms with Crippen LogP contribution in [0.5, 0.6) is 0 Å². The van der Waals surface area contributed by atoms with Crippen molar-refractivity contribution >= 4 is 11.8 Å². The minimum atomic E-state index is -0.0145. The largest absolute Gasteiger partial charge is 0.352 e. The van der Waals surface area contributed by atoms with E-state index in [9.17, 15) is 9.59 Å². The van der Waals surface area contributed by atoms with Crippen LogP contribution in [0, 0.1) is 18.3 Å². The average molecular weight is 349 g/mol. The number of benzene rings is 1. The van der Waals surface area contributed by atoms with Gasteiger partial charge in [-0.05, 0) is 43.5 Å². The number of aromatic nitrogens is 1. The number of nitrogens with zero attached hydrogens (tertiary/aromatic N) is 2. The number of hydrogen-bond acceptors (Lipinski definition) is 3. The van der Waals surface area contributed by atoms with Crippen molar-refractivity contribution in [3.63, 3.8) is 0 Å². The molecule has 2 fully saturated rings. The van der Waals surface area contributed by atoms with E-state index in [4.69, 9.17) is 0 Å². The Bertz CT molecular complexity index is 819. The van der Waals surface area contributed by atoms with Crippen molar-refractivity contribution in [1.29, 1.82) is 0 Å². The molecule has 2 aliphatic rings. The summed E-state index contributed by atoms with van der Waals surface area (Å²) in [7, 11) is 0. The Balaban J connectivity index is 1.33. The molecule has 134 valence electrons. The van der Waals surface area contributed by atoms with Gasteiger partial charge in [0.2, 0.25) is 5.91 Å². The summed E-state index contributed by atoms with van der Waals surface area (Å²) >= 11 is 0. The molecule has 2 heterocycles. The number of likely N-dealkylation sites (tertiary alicyclic amines) is 1. The van der Waals surface area contributed by atoms with E-state index in [0.29, 0.717) is 13.1 Å². The van der Waals surface area contributed by atoms with Crippen LogP contribution in [0.1, 0.15) is 34.3 Å². The molecule has 2 atom stereocenters. The zero-order chi connectivity index (χ0) is 18.1. The van der Waals surface area contributed by atoms with E-state index in [2.05, 4.69) is 10.3 Å². The monoisotopic (exact) mass is 349 g/mol. The second-order valence-corrected chi connectivity index (χ2v) is 7.54. The van der Waals surface area contributed by atoms with Gasteiger partial charge in [-0.25, -0.2) is 0 Å². The third kappa shape index (κ3) is 3.21. The number of rotatable bonds is 4. The van der Waals surface area contributed by atoms with Crippen LogP contribution >= 0.6 is 0 Å². The molecule has 4 rings (SSSR count). The van der Waals surface area contributed by atoms with Crippen LogP contribution in [0.4, 0.5) is 0 Å². The van der Waals surface area contributed by atoms with Crippen LogP contribution in [0.25, 0.3) is 0 Å². The Hall–Kier alpha value is -2.69. The van der Waals surface area contributed by atoms with Gasteiger partial charge >= 0.3 is 0 Å². The molecule has 1 aliphatic heterocycles. The number of aryl methyl sites for hydroxylation is 1. The van der Waals surface area contributed by atoms with Crippen LogP contribution in [-0.2, 0) is 11.3 Å². The van der Waals surface area contributed by atoms with Crippen LogP contribution < -0.4 is 5.32 Å². The molecule has 1 spiro atoms. The topological polar surface area (TPSA) is 62.3 Å². The highest BCUT2D eigenvalue weighted by Gasteiger charge is 2.61. The van der Waals surface area contributed by atoms with Gasteiger partial charge in [0.05, 0.1) is 0 Å². The summed E-state index contributed by atoms with van der Waals surface area (Å²) in [6.45, 7) is 3.94. The highest BCUT2D eigenvalue weighted by molar-refractivity contribution is 5.94. The first-order chi connectivity index (χ1) is 12.6. The van der Waals surface area contributed by atoms with Gasteiger partial charge in [0.15, 0.2) is 0 Å². The predicted octanol–water partition coefficient (Wildman–Crippen LogP) is 2.56. The van der Waals surface area contributed by atoms with E-state index in [1.54, 1.807) is 12.4 Å². The maximum atomic E-state index is 12.7. The molecule has 2 amide bonds. The number of carbonyl (C=O) groups excluding carboxylic acids is 2. The molecule has 1 aromatic carbocycles. The predicted molar refractivity (Wildman–Crippen MR) is 98.3 cm³/mol. The Morgan fingerprint density at radius 3 is 2.81 bits per heavy atom. The van der Waals surface area contributed by atoms with E-state index < -0.39 is 0 Å².